The highest BCUT2D eigenvalue weighted by Crippen LogP contribution is 2.33. The number of carbonyl (C=O) groups is 2. The van der Waals surface area contributed by atoms with Gasteiger partial charge in [0.1, 0.15) is 5.78 Å². The molecule has 0 saturated carbocycles. The molecule has 0 bridgehead atoms. The van der Waals surface area contributed by atoms with Crippen LogP contribution in [0.25, 0.3) is 0 Å². The summed E-state index contributed by atoms with van der Waals surface area (Å²) in [6.07, 6.45) is 0.483. The van der Waals surface area contributed by atoms with Crippen molar-refractivity contribution < 1.29 is 14.7 Å². The van der Waals surface area contributed by atoms with Crippen molar-refractivity contribution in [2.24, 2.45) is 0 Å². The molecule has 2 N–H and O–H groups in total. The van der Waals surface area contributed by atoms with E-state index >= 15 is 0 Å². The van der Waals surface area contributed by atoms with Crippen molar-refractivity contribution in [2.45, 2.75) is 31.2 Å². The van der Waals surface area contributed by atoms with Crippen molar-refractivity contribution in [3.63, 3.8) is 0 Å². The first-order chi connectivity index (χ1) is 6.02. The Morgan fingerprint density at radius 1 is 1.69 bits per heavy atom. The molecule has 0 aromatic heterocycles. The van der Waals surface area contributed by atoms with Crippen molar-refractivity contribution in [1.29, 1.82) is 0 Å². The molecule has 13 heavy (non-hydrogen) atoms. The smallest absolute Gasteiger partial charge is 0.334 e. The van der Waals surface area contributed by atoms with Gasteiger partial charge in [-0.2, -0.15) is 0 Å². The zero-order valence-corrected chi connectivity index (χ0v) is 8.48. The number of ketones is 1. The Morgan fingerprint density at radius 3 is 2.54 bits per heavy atom. The van der Waals surface area contributed by atoms with Crippen LogP contribution in [0.2, 0.25) is 0 Å². The van der Waals surface area contributed by atoms with Gasteiger partial charge in [-0.25, -0.2) is 4.79 Å². The lowest BCUT2D eigenvalue weighted by molar-refractivity contribution is -0.141. The molecule has 1 heterocycles. The van der Waals surface area contributed by atoms with Crippen LogP contribution in [-0.2, 0) is 9.59 Å². The number of thioether (sulfide) groups is 1. The molecule has 5 heteroatoms. The average Bonchev–Trinajstić information content (AvgIpc) is 2.49. The first kappa shape index (κ1) is 10.5. The number of carboxylic acids is 1. The lowest BCUT2D eigenvalue weighted by Crippen LogP contribution is -2.49. The van der Waals surface area contributed by atoms with Crippen LogP contribution in [0.4, 0.5) is 0 Å². The standard InChI is InChI=1S/C8H13NO3S/c1-3-8(7(11)12)9-6(4-13-8)5(2)10/h6,9H,3-4H2,1-2H3,(H,11,12)/t6-,8?/m0/s1. The zero-order valence-electron chi connectivity index (χ0n) is 7.66. The van der Waals surface area contributed by atoms with E-state index in [0.29, 0.717) is 12.2 Å². The second kappa shape index (κ2) is 3.67. The summed E-state index contributed by atoms with van der Waals surface area (Å²) in [5.74, 6) is -0.331. The van der Waals surface area contributed by atoms with Gasteiger partial charge >= 0.3 is 5.97 Å². The van der Waals surface area contributed by atoms with Crippen LogP contribution < -0.4 is 5.32 Å². The lowest BCUT2D eigenvalue weighted by Gasteiger charge is -2.22. The Balaban J connectivity index is 2.74. The number of rotatable bonds is 3. The van der Waals surface area contributed by atoms with Gasteiger partial charge in [0.2, 0.25) is 0 Å². The van der Waals surface area contributed by atoms with E-state index in [1.165, 1.54) is 18.7 Å². The molecule has 1 saturated heterocycles. The number of hydrogen-bond acceptors (Lipinski definition) is 4. The quantitative estimate of drug-likeness (QED) is 0.698. The molecule has 1 unspecified atom stereocenters. The lowest BCUT2D eigenvalue weighted by atomic mass is 10.1. The molecule has 1 rings (SSSR count). The monoisotopic (exact) mass is 203 g/mol. The maximum atomic E-state index is 11.0. The van der Waals surface area contributed by atoms with Gasteiger partial charge in [0.05, 0.1) is 6.04 Å². The Hall–Kier alpha value is -0.550. The first-order valence-corrected chi connectivity index (χ1v) is 5.16. The largest absolute Gasteiger partial charge is 0.479 e. The molecule has 1 aliphatic heterocycles. The van der Waals surface area contributed by atoms with Gasteiger partial charge in [-0.1, -0.05) is 6.92 Å². The SMILES string of the molecule is CCC1(C(=O)O)N[C@H](C(C)=O)CS1. The minimum absolute atomic E-state index is 0.00377. The molecule has 0 amide bonds. The first-order valence-electron chi connectivity index (χ1n) is 4.17. The molecule has 4 nitrogen and oxygen atoms in total. The number of hydrogen-bond donors (Lipinski definition) is 2. The highest BCUT2D eigenvalue weighted by atomic mass is 32.2. The number of aliphatic carboxylic acids is 1. The van der Waals surface area contributed by atoms with E-state index in [-0.39, 0.29) is 11.8 Å². The second-order valence-corrected chi connectivity index (χ2v) is 4.42. The third-order valence-electron chi connectivity index (χ3n) is 2.24. The third kappa shape index (κ3) is 1.86. The predicted molar refractivity (Wildman–Crippen MR) is 50.7 cm³/mol. The summed E-state index contributed by atoms with van der Waals surface area (Å²) in [5.41, 5.74) is 0. The molecule has 0 aromatic rings. The van der Waals surface area contributed by atoms with E-state index in [0.717, 1.165) is 0 Å². The van der Waals surface area contributed by atoms with Crippen molar-refractivity contribution in [3.8, 4) is 0 Å². The fraction of sp³-hybridized carbons (Fsp3) is 0.750. The van der Waals surface area contributed by atoms with Crippen molar-refractivity contribution in [2.75, 3.05) is 5.75 Å². The average molecular weight is 203 g/mol. The van der Waals surface area contributed by atoms with Gasteiger partial charge < -0.3 is 5.11 Å². The molecule has 74 valence electrons. The summed E-state index contributed by atoms with van der Waals surface area (Å²) in [6, 6.07) is -0.305. The Morgan fingerprint density at radius 2 is 2.31 bits per heavy atom. The van der Waals surface area contributed by atoms with Gasteiger partial charge in [-0.3, -0.25) is 10.1 Å². The van der Waals surface area contributed by atoms with E-state index in [2.05, 4.69) is 5.32 Å². The molecular weight excluding hydrogens is 190 g/mol. The predicted octanol–water partition coefficient (Wildman–Crippen LogP) is 0.471. The van der Waals surface area contributed by atoms with Crippen LogP contribution in [0, 0.1) is 0 Å². The Kier molecular flexibility index (Phi) is 2.98. The molecule has 1 aliphatic rings. The highest BCUT2D eigenvalue weighted by molar-refractivity contribution is 8.01. The summed E-state index contributed by atoms with van der Waals surface area (Å²) in [4.78, 5) is 21.0. The molecule has 0 radical (unpaired) electrons. The maximum Gasteiger partial charge on any atom is 0.334 e. The minimum Gasteiger partial charge on any atom is -0.479 e. The fourth-order valence-corrected chi connectivity index (χ4v) is 2.61. The van der Waals surface area contributed by atoms with Gasteiger partial charge in [0.15, 0.2) is 4.87 Å². The molecule has 2 atom stereocenters. The van der Waals surface area contributed by atoms with Gasteiger partial charge in [-0.15, -0.1) is 11.8 Å². The van der Waals surface area contributed by atoms with Gasteiger partial charge in [0.25, 0.3) is 0 Å². The molecular formula is C8H13NO3S. The molecule has 0 spiro atoms. The van der Waals surface area contributed by atoms with Crippen LogP contribution in [0.5, 0.6) is 0 Å². The minimum atomic E-state index is -0.948. The molecule has 1 fully saturated rings. The zero-order chi connectivity index (χ0) is 10.1. The summed E-state index contributed by atoms with van der Waals surface area (Å²) in [5, 5.41) is 11.8. The number of Topliss-reactive ketones (excluding diaryl/α,β-unsaturated/α-hetero) is 1. The van der Waals surface area contributed by atoms with Crippen LogP contribution >= 0.6 is 11.8 Å². The third-order valence-corrected chi connectivity index (χ3v) is 3.81. The molecule has 0 aromatic carbocycles. The van der Waals surface area contributed by atoms with E-state index in [1.54, 1.807) is 6.92 Å². The summed E-state index contributed by atoms with van der Waals surface area (Å²) < 4.78 is 0. The second-order valence-electron chi connectivity index (χ2n) is 3.10. The summed E-state index contributed by atoms with van der Waals surface area (Å²) in [7, 11) is 0. The van der Waals surface area contributed by atoms with Crippen LogP contribution in [-0.4, -0.2) is 33.5 Å². The summed E-state index contributed by atoms with van der Waals surface area (Å²) in [6.45, 7) is 3.28. The number of nitrogens with one attached hydrogen (secondary N) is 1. The van der Waals surface area contributed by atoms with E-state index < -0.39 is 10.8 Å². The number of carbonyl (C=O) groups excluding carboxylic acids is 1. The van der Waals surface area contributed by atoms with E-state index in [4.69, 9.17) is 5.11 Å². The van der Waals surface area contributed by atoms with Crippen molar-refractivity contribution >= 4 is 23.5 Å². The Labute approximate surface area is 81.1 Å². The summed E-state index contributed by atoms with van der Waals surface area (Å²) >= 11 is 1.30. The van der Waals surface area contributed by atoms with Gasteiger partial charge in [0, 0.05) is 5.75 Å². The maximum absolute atomic E-state index is 11.0. The Bertz CT molecular complexity index is 244. The van der Waals surface area contributed by atoms with Crippen molar-refractivity contribution in [1.82, 2.24) is 5.32 Å². The highest BCUT2D eigenvalue weighted by Gasteiger charge is 2.45. The topological polar surface area (TPSA) is 66.4 Å². The van der Waals surface area contributed by atoms with E-state index in [1.807, 2.05) is 0 Å². The van der Waals surface area contributed by atoms with E-state index in [9.17, 15) is 9.59 Å². The van der Waals surface area contributed by atoms with Crippen LogP contribution in [0.15, 0.2) is 0 Å². The van der Waals surface area contributed by atoms with Gasteiger partial charge in [-0.05, 0) is 13.3 Å². The van der Waals surface area contributed by atoms with Crippen LogP contribution in [0.1, 0.15) is 20.3 Å². The normalized spacial score (nSPS) is 33.2. The molecule has 0 aliphatic carbocycles. The fourth-order valence-electron chi connectivity index (χ4n) is 1.29. The van der Waals surface area contributed by atoms with Crippen molar-refractivity contribution in [3.05, 3.63) is 0 Å². The number of carboxylic acid groups (broad SMARTS) is 1. The van der Waals surface area contributed by atoms with Crippen LogP contribution in [0.3, 0.4) is 0 Å².